The Labute approximate surface area is 115 Å². The maximum atomic E-state index is 11.9. The van der Waals surface area contributed by atoms with Crippen molar-refractivity contribution in [3.05, 3.63) is 60.7 Å². The van der Waals surface area contributed by atoms with Gasteiger partial charge in [0, 0.05) is 0 Å². The van der Waals surface area contributed by atoms with Crippen LogP contribution in [0.1, 0.15) is 0 Å². The molecule has 2 aromatic carbocycles. The predicted molar refractivity (Wildman–Crippen MR) is 66.1 cm³/mol. The third-order valence-corrected chi connectivity index (χ3v) is 11.2. The van der Waals surface area contributed by atoms with Crippen LogP contribution in [-0.2, 0) is 7.67 Å². The van der Waals surface area contributed by atoms with E-state index in [0.717, 1.165) is 0 Å². The molecule has 0 heterocycles. The zero-order chi connectivity index (χ0) is 12.1. The summed E-state index contributed by atoms with van der Waals surface area (Å²) >= 11 is -6.18. The van der Waals surface area contributed by atoms with Crippen LogP contribution in [0.5, 0.6) is 0 Å². The number of rotatable bonds is 4. The van der Waals surface area contributed by atoms with E-state index in [1.807, 2.05) is 12.1 Å². The van der Waals surface area contributed by atoms with Crippen molar-refractivity contribution in [3.63, 3.8) is 0 Å². The quantitative estimate of drug-likeness (QED) is 0.634. The SMILES string of the molecule is O=[Te](O[Te](=O)c1ccccc1)c1ccccc1. The molecule has 0 amide bonds. The fraction of sp³-hybridized carbons (Fsp3) is 0. The molecule has 2 rings (SSSR count). The molecule has 88 valence electrons. The first-order valence-corrected chi connectivity index (χ1v) is 11.0. The van der Waals surface area contributed by atoms with E-state index < -0.39 is 39.9 Å². The van der Waals surface area contributed by atoms with Crippen molar-refractivity contribution in [3.8, 4) is 0 Å². The van der Waals surface area contributed by atoms with E-state index in [0.29, 0.717) is 7.22 Å². The first kappa shape index (κ1) is 13.0. The standard InChI is InChI=1S/C12H10O3Te2/c13-16(11-7-3-1-4-8-11)15-17(14)12-9-5-2-6-10-12/h1-10H. The molecule has 0 aliphatic carbocycles. The van der Waals surface area contributed by atoms with Crippen molar-refractivity contribution in [2.24, 2.45) is 0 Å². The Bertz CT molecular complexity index is 476. The van der Waals surface area contributed by atoms with Gasteiger partial charge >= 0.3 is 115 Å². The van der Waals surface area contributed by atoms with E-state index >= 15 is 0 Å². The van der Waals surface area contributed by atoms with Gasteiger partial charge in [-0.25, -0.2) is 0 Å². The molecule has 0 aliphatic rings. The van der Waals surface area contributed by atoms with E-state index in [1.165, 1.54) is 0 Å². The summed E-state index contributed by atoms with van der Waals surface area (Å²) in [4.78, 5) is 0. The van der Waals surface area contributed by atoms with Crippen molar-refractivity contribution in [2.75, 3.05) is 0 Å². The van der Waals surface area contributed by atoms with Crippen LogP contribution < -0.4 is 7.22 Å². The minimum absolute atomic E-state index is 0.675. The molecule has 0 aromatic heterocycles. The van der Waals surface area contributed by atoms with Gasteiger partial charge in [-0.05, 0) is 0 Å². The van der Waals surface area contributed by atoms with Crippen LogP contribution in [0, 0.1) is 0 Å². The van der Waals surface area contributed by atoms with Crippen molar-refractivity contribution in [1.29, 1.82) is 0 Å². The third-order valence-electron chi connectivity index (χ3n) is 1.99. The monoisotopic (exact) mass is 462 g/mol. The zero-order valence-corrected chi connectivity index (χ0v) is 13.5. The molecule has 0 saturated carbocycles. The Morgan fingerprint density at radius 2 is 1.00 bits per heavy atom. The van der Waals surface area contributed by atoms with Gasteiger partial charge in [0.05, 0.1) is 0 Å². The first-order valence-electron chi connectivity index (χ1n) is 4.90. The van der Waals surface area contributed by atoms with E-state index in [4.69, 9.17) is 1.47 Å². The molecule has 0 spiro atoms. The van der Waals surface area contributed by atoms with Gasteiger partial charge in [-0.2, -0.15) is 0 Å². The molecule has 5 heteroatoms. The van der Waals surface area contributed by atoms with Crippen molar-refractivity contribution in [2.45, 2.75) is 0 Å². The Morgan fingerprint density at radius 3 is 1.35 bits per heavy atom. The van der Waals surface area contributed by atoms with Crippen LogP contribution in [0.25, 0.3) is 0 Å². The predicted octanol–water partition coefficient (Wildman–Crippen LogP) is 0.655. The Kier molecular flexibility index (Phi) is 4.98. The second kappa shape index (κ2) is 6.50. The molecule has 0 saturated heterocycles. The minimum atomic E-state index is -3.09. The molecule has 3 nitrogen and oxygen atoms in total. The van der Waals surface area contributed by atoms with Crippen LogP contribution in [0.15, 0.2) is 60.7 Å². The van der Waals surface area contributed by atoms with Crippen molar-refractivity contribution in [1.82, 2.24) is 0 Å². The van der Waals surface area contributed by atoms with Gasteiger partial charge in [-0.1, -0.05) is 0 Å². The first-order chi connectivity index (χ1) is 8.27. The Morgan fingerprint density at radius 1 is 0.647 bits per heavy atom. The summed E-state index contributed by atoms with van der Waals surface area (Å²) in [5.41, 5.74) is 0. The summed E-state index contributed by atoms with van der Waals surface area (Å²) in [6, 6.07) is 17.9. The number of hydrogen-bond acceptors (Lipinski definition) is 3. The molecule has 0 unspecified atom stereocenters. The molecule has 17 heavy (non-hydrogen) atoms. The molecule has 2 aromatic rings. The summed E-state index contributed by atoms with van der Waals surface area (Å²) in [7, 11) is 0. The van der Waals surface area contributed by atoms with Gasteiger partial charge in [-0.15, -0.1) is 0 Å². The molecule has 0 atom stereocenters. The topological polar surface area (TPSA) is 43.4 Å². The normalized spacial score (nSPS) is 10.9. The van der Waals surface area contributed by atoms with Crippen LogP contribution in [0.3, 0.4) is 0 Å². The Balaban J connectivity index is 2.08. The van der Waals surface area contributed by atoms with Crippen LogP contribution in [0.4, 0.5) is 0 Å². The van der Waals surface area contributed by atoms with E-state index in [2.05, 4.69) is 0 Å². The van der Waals surface area contributed by atoms with E-state index in [9.17, 15) is 6.21 Å². The number of benzene rings is 2. The van der Waals surface area contributed by atoms with Crippen LogP contribution in [0.2, 0.25) is 0 Å². The van der Waals surface area contributed by atoms with E-state index in [-0.39, 0.29) is 0 Å². The third kappa shape index (κ3) is 3.78. The second-order valence-electron chi connectivity index (χ2n) is 3.16. The molecule has 0 fully saturated rings. The summed E-state index contributed by atoms with van der Waals surface area (Å²) in [5, 5.41) is 0. The fourth-order valence-electron chi connectivity index (χ4n) is 1.20. The molecular formula is C12H10O3Te2. The van der Waals surface area contributed by atoms with Gasteiger partial charge in [0.2, 0.25) is 0 Å². The van der Waals surface area contributed by atoms with Gasteiger partial charge < -0.3 is 0 Å². The molecule has 0 bridgehead atoms. The average Bonchev–Trinajstić information content (AvgIpc) is 2.40. The second-order valence-corrected chi connectivity index (χ2v) is 11.5. The van der Waals surface area contributed by atoms with Crippen LogP contribution >= 0.6 is 0 Å². The van der Waals surface area contributed by atoms with Crippen molar-refractivity contribution >= 4 is 47.1 Å². The van der Waals surface area contributed by atoms with Crippen molar-refractivity contribution < 1.29 is 7.67 Å². The Hall–Kier alpha value is -0.421. The summed E-state index contributed by atoms with van der Waals surface area (Å²) in [6.45, 7) is 0. The van der Waals surface area contributed by atoms with Crippen LogP contribution in [-0.4, -0.2) is 39.9 Å². The molecular weight excluding hydrogens is 447 g/mol. The van der Waals surface area contributed by atoms with Gasteiger partial charge in [0.1, 0.15) is 0 Å². The zero-order valence-electron chi connectivity index (χ0n) is 8.81. The molecule has 0 aliphatic heterocycles. The summed E-state index contributed by atoms with van der Waals surface area (Å²) in [6.07, 6.45) is 0. The van der Waals surface area contributed by atoms with E-state index in [1.54, 1.807) is 48.5 Å². The van der Waals surface area contributed by atoms with Gasteiger partial charge in [-0.3, -0.25) is 0 Å². The van der Waals surface area contributed by atoms with Gasteiger partial charge in [0.25, 0.3) is 0 Å². The average molecular weight is 457 g/mol. The number of hydrogen-bond donors (Lipinski definition) is 0. The fourth-order valence-corrected chi connectivity index (χ4v) is 9.29. The summed E-state index contributed by atoms with van der Waals surface area (Å²) in [5.74, 6) is 0. The molecule has 0 N–H and O–H groups in total. The summed E-state index contributed by atoms with van der Waals surface area (Å²) < 4.78 is 30.4. The molecule has 0 radical (unpaired) electrons. The van der Waals surface area contributed by atoms with Gasteiger partial charge in [0.15, 0.2) is 0 Å². The maximum absolute atomic E-state index is 11.9.